The van der Waals surface area contributed by atoms with Crippen molar-refractivity contribution < 1.29 is 43.6 Å². The number of halogens is 2. The van der Waals surface area contributed by atoms with Crippen LogP contribution in [0, 0.1) is 11.8 Å². The highest BCUT2D eigenvalue weighted by Crippen LogP contribution is 2.53. The molecule has 7 N–H and O–H groups in total. The number of hydrogen-bond donors (Lipinski definition) is 6. The normalized spacial score (nSPS) is 27.0. The lowest BCUT2D eigenvalue weighted by molar-refractivity contribution is -0.148. The van der Waals surface area contributed by atoms with Crippen LogP contribution in [0.15, 0.2) is 28.7 Å². The van der Waals surface area contributed by atoms with Gasteiger partial charge in [0.25, 0.3) is 11.8 Å². The summed E-state index contributed by atoms with van der Waals surface area (Å²) < 4.78 is 27.5. The lowest BCUT2D eigenvalue weighted by Gasteiger charge is -2.50. The average molecular weight is 579 g/mol. The Morgan fingerprint density at radius 2 is 1.83 bits per heavy atom. The van der Waals surface area contributed by atoms with Gasteiger partial charge in [0.05, 0.1) is 17.6 Å². The zero-order valence-corrected chi connectivity index (χ0v) is 23.7. The largest absolute Gasteiger partial charge is 0.510 e. The number of benzene rings is 1. The number of nitrogens with zero attached hydrogens (tertiary/aromatic N) is 2. The summed E-state index contributed by atoms with van der Waals surface area (Å²) in [6, 6.07) is -0.736. The number of allylic oxidation sites excluding steroid dienone is 1. The molecule has 224 valence electrons. The van der Waals surface area contributed by atoms with Crippen molar-refractivity contribution >= 4 is 23.2 Å². The number of phenols is 1. The summed E-state index contributed by atoms with van der Waals surface area (Å²) in [5.41, 5.74) is 2.41. The van der Waals surface area contributed by atoms with Crippen molar-refractivity contribution in [3.63, 3.8) is 0 Å². The molecule has 11 nitrogen and oxygen atoms in total. The second-order valence-corrected chi connectivity index (χ2v) is 11.7. The van der Waals surface area contributed by atoms with Crippen LogP contribution in [0.3, 0.4) is 0 Å². The molecule has 0 heterocycles. The van der Waals surface area contributed by atoms with Gasteiger partial charge < -0.3 is 36.4 Å². The van der Waals surface area contributed by atoms with E-state index >= 15 is 0 Å². The van der Waals surface area contributed by atoms with E-state index in [1.165, 1.54) is 11.8 Å². The Kier molecular flexibility index (Phi) is 7.47. The van der Waals surface area contributed by atoms with Gasteiger partial charge in [-0.2, -0.15) is 0 Å². The molecule has 0 spiro atoms. The first-order valence-electron chi connectivity index (χ1n) is 13.2. The van der Waals surface area contributed by atoms with Crippen LogP contribution < -0.4 is 16.0 Å². The van der Waals surface area contributed by atoms with Crippen molar-refractivity contribution in [3.05, 3.63) is 45.4 Å². The van der Waals surface area contributed by atoms with Gasteiger partial charge in [-0.15, -0.1) is 0 Å². The van der Waals surface area contributed by atoms with Gasteiger partial charge in [0, 0.05) is 50.3 Å². The number of likely N-dealkylation sites (N-methyl/N-ethyl adjacent to an activating group) is 1. The van der Waals surface area contributed by atoms with E-state index in [0.717, 1.165) is 6.92 Å². The monoisotopic (exact) mass is 578 g/mol. The Balaban J connectivity index is 1.90. The van der Waals surface area contributed by atoms with Gasteiger partial charge in [0.15, 0.2) is 11.4 Å². The topological polar surface area (TPSA) is 177 Å². The number of primary amides is 1. The number of hydrogen-bond acceptors (Lipinski definition) is 10. The van der Waals surface area contributed by atoms with Crippen LogP contribution in [0.5, 0.6) is 5.75 Å². The van der Waals surface area contributed by atoms with Crippen LogP contribution in [0.1, 0.15) is 41.8 Å². The number of Topliss-reactive ketones (excluding diaryl/α,β-unsaturated/α-hetero) is 2. The highest BCUT2D eigenvalue weighted by molar-refractivity contribution is 6.24. The first-order valence-corrected chi connectivity index (χ1v) is 13.2. The molecular weight excluding hydrogens is 542 g/mol. The van der Waals surface area contributed by atoms with Gasteiger partial charge >= 0.3 is 0 Å². The number of aliphatic hydroxyl groups is 3. The third-order valence-corrected chi connectivity index (χ3v) is 8.62. The summed E-state index contributed by atoms with van der Waals surface area (Å²) in [5.74, 6) is -10.5. The first kappa shape index (κ1) is 30.4. The van der Waals surface area contributed by atoms with Crippen molar-refractivity contribution in [1.82, 2.24) is 10.2 Å². The number of nitrogens with one attached hydrogen (secondary N) is 1. The van der Waals surface area contributed by atoms with Crippen LogP contribution in [0.2, 0.25) is 0 Å². The number of nitrogens with two attached hydrogens (primary N) is 1. The molecule has 41 heavy (non-hydrogen) atoms. The van der Waals surface area contributed by atoms with Gasteiger partial charge in [-0.05, 0) is 51.4 Å². The number of alkyl halides is 2. The Labute approximate surface area is 235 Å². The summed E-state index contributed by atoms with van der Waals surface area (Å²) in [6.45, 7) is 1.84. The molecule has 2 unspecified atom stereocenters. The molecule has 0 aliphatic heterocycles. The first-order chi connectivity index (χ1) is 18.8. The minimum atomic E-state index is -3.05. The number of rotatable bonds is 7. The molecule has 0 radical (unpaired) electrons. The third-order valence-electron chi connectivity index (χ3n) is 8.62. The number of aliphatic hydroxyl groups excluding tert-OH is 2. The number of amides is 1. The number of anilines is 1. The molecule has 0 saturated heterocycles. The van der Waals surface area contributed by atoms with Crippen molar-refractivity contribution in [2.24, 2.45) is 17.6 Å². The van der Waals surface area contributed by atoms with Crippen LogP contribution >= 0.6 is 0 Å². The smallest absolute Gasteiger partial charge is 0.260 e. The summed E-state index contributed by atoms with van der Waals surface area (Å²) in [7, 11) is 6.55. The molecule has 1 aromatic rings. The molecule has 1 amide bonds. The Hall–Kier alpha value is -3.55. The van der Waals surface area contributed by atoms with Gasteiger partial charge in [0.1, 0.15) is 22.8 Å². The van der Waals surface area contributed by atoms with E-state index in [9.17, 15) is 43.6 Å². The van der Waals surface area contributed by atoms with Crippen LogP contribution in [0.25, 0.3) is 0 Å². The van der Waals surface area contributed by atoms with Crippen molar-refractivity contribution in [2.75, 3.05) is 33.1 Å². The summed E-state index contributed by atoms with van der Waals surface area (Å²) in [5, 5.41) is 47.9. The SMILES string of the molecule is CC(NCc1cc(N(C)C)c2c(c1O)C(=O)C1=C(O)[C@]3(O)C(=O)C(C(N)=O)=C(O)C(N(C)C)[C@@H]3C[C@@H]1C2)C(C)(F)F. The van der Waals surface area contributed by atoms with E-state index in [4.69, 9.17) is 5.73 Å². The molecule has 5 atom stereocenters. The quantitative estimate of drug-likeness (QED) is 0.259. The number of fused-ring (bicyclic) bond motifs is 3. The minimum absolute atomic E-state index is 0.0359. The molecule has 13 heteroatoms. The number of phenolic OH excluding ortho intramolecular Hbond substituents is 1. The highest BCUT2D eigenvalue weighted by atomic mass is 19.3. The van der Waals surface area contributed by atoms with Gasteiger partial charge in [-0.25, -0.2) is 8.78 Å². The summed E-state index contributed by atoms with van der Waals surface area (Å²) in [6.07, 6.45) is 0.0819. The Bertz CT molecular complexity index is 1400. The van der Waals surface area contributed by atoms with Crippen molar-refractivity contribution in [2.45, 2.75) is 56.8 Å². The lowest BCUT2D eigenvalue weighted by atomic mass is 9.58. The molecule has 0 fully saturated rings. The maximum absolute atomic E-state index is 14.0. The fraction of sp³-hybridized carbons (Fsp3) is 0.536. The zero-order valence-electron chi connectivity index (χ0n) is 23.7. The van der Waals surface area contributed by atoms with Crippen molar-refractivity contribution in [3.8, 4) is 5.75 Å². The van der Waals surface area contributed by atoms with Crippen molar-refractivity contribution in [1.29, 1.82) is 0 Å². The van der Waals surface area contributed by atoms with E-state index in [1.54, 1.807) is 39.2 Å². The number of carbonyl (C=O) groups excluding carboxylic acids is 3. The number of carbonyl (C=O) groups is 3. The van der Waals surface area contributed by atoms with E-state index in [2.05, 4.69) is 5.32 Å². The molecule has 0 saturated carbocycles. The Morgan fingerprint density at radius 1 is 1.22 bits per heavy atom. The molecule has 0 bridgehead atoms. The predicted molar refractivity (Wildman–Crippen MR) is 145 cm³/mol. The van der Waals surface area contributed by atoms with Crippen LogP contribution in [-0.4, -0.2) is 94.6 Å². The fourth-order valence-corrected chi connectivity index (χ4v) is 6.33. The molecule has 3 aliphatic rings. The number of aromatic hydroxyl groups is 1. The van der Waals surface area contributed by atoms with E-state index in [0.29, 0.717) is 11.3 Å². The maximum atomic E-state index is 14.0. The fourth-order valence-electron chi connectivity index (χ4n) is 6.33. The predicted octanol–water partition coefficient (Wildman–Crippen LogP) is 1.32. The van der Waals surface area contributed by atoms with Gasteiger partial charge in [0.2, 0.25) is 5.78 Å². The second-order valence-electron chi connectivity index (χ2n) is 11.7. The van der Waals surface area contributed by atoms with Gasteiger partial charge in [-0.1, -0.05) is 0 Å². The molecule has 4 rings (SSSR count). The zero-order chi connectivity index (χ0) is 30.9. The second kappa shape index (κ2) is 10.1. The van der Waals surface area contributed by atoms with E-state index in [-0.39, 0.29) is 36.1 Å². The maximum Gasteiger partial charge on any atom is 0.260 e. The summed E-state index contributed by atoms with van der Waals surface area (Å²) in [4.78, 5) is 42.7. The van der Waals surface area contributed by atoms with Crippen LogP contribution in [0.4, 0.5) is 14.5 Å². The highest BCUT2D eigenvalue weighted by Gasteiger charge is 2.63. The molecule has 3 aliphatic carbocycles. The molecule has 0 aromatic heterocycles. The minimum Gasteiger partial charge on any atom is -0.510 e. The Morgan fingerprint density at radius 3 is 2.34 bits per heavy atom. The molecular formula is C28H36F2N4O7. The summed E-state index contributed by atoms with van der Waals surface area (Å²) >= 11 is 0. The van der Waals surface area contributed by atoms with E-state index < -0.39 is 75.8 Å². The average Bonchev–Trinajstić information content (AvgIpc) is 2.84. The van der Waals surface area contributed by atoms with Gasteiger partial charge in [-0.3, -0.25) is 19.3 Å². The third kappa shape index (κ3) is 4.56. The van der Waals surface area contributed by atoms with E-state index in [1.807, 2.05) is 0 Å². The van der Waals surface area contributed by atoms with Crippen LogP contribution in [-0.2, 0) is 22.6 Å². The molecule has 1 aromatic carbocycles. The standard InChI is InChI=1S/C28H36F2N4O7/c1-11(27(2,29)30)32-10-13-9-16(33(3)4)14-7-12-8-15-20(34(5)6)23(37)19(26(31)40)25(39)28(15,41)24(38)17(12)22(36)18(14)21(13)35/h9,11-12,15,20,32,35,37-38,41H,7-8,10H2,1-6H3,(H2,31,40)/t11?,12-,15-,20?,28-/m0/s1. The number of ketones is 2. The lowest BCUT2D eigenvalue weighted by Crippen LogP contribution is -2.63.